The van der Waals surface area contributed by atoms with Gasteiger partial charge in [-0.1, -0.05) is 30.7 Å². The van der Waals surface area contributed by atoms with E-state index < -0.39 is 0 Å². The third-order valence-corrected chi connectivity index (χ3v) is 5.05. The molecule has 2 atom stereocenters. The fraction of sp³-hybridized carbons (Fsp3) is 0.471. The Bertz CT molecular complexity index is 727. The molecule has 2 aromatic rings. The Labute approximate surface area is 139 Å². The summed E-state index contributed by atoms with van der Waals surface area (Å²) < 4.78 is 5.22. The number of thiophene rings is 1. The summed E-state index contributed by atoms with van der Waals surface area (Å²) in [6.07, 6.45) is 2.19. The normalized spacial score (nSPS) is 21.7. The second-order valence-corrected chi connectivity index (χ2v) is 7.59. The van der Waals surface area contributed by atoms with Crippen LogP contribution < -0.4 is 5.32 Å². The third-order valence-electron chi connectivity index (χ3n) is 4.36. The molecule has 23 heavy (non-hydrogen) atoms. The molecule has 2 aromatic heterocycles. The van der Waals surface area contributed by atoms with Gasteiger partial charge in [-0.25, -0.2) is 0 Å². The Kier molecular flexibility index (Phi) is 4.10. The summed E-state index contributed by atoms with van der Waals surface area (Å²) in [6, 6.07) is 1.93. The Balaban J connectivity index is 1.59. The number of carbonyl (C=O) groups excluding carboxylic acids is 1. The van der Waals surface area contributed by atoms with Gasteiger partial charge in [0.1, 0.15) is 0 Å². The van der Waals surface area contributed by atoms with Crippen molar-refractivity contribution in [3.8, 4) is 11.5 Å². The number of hydrogen-bond acceptors (Lipinski definition) is 5. The molecule has 1 aliphatic carbocycles. The highest BCUT2D eigenvalue weighted by Gasteiger charge is 2.60. The Hall–Kier alpha value is -1.95. The molecule has 0 bridgehead atoms. The molecule has 0 saturated heterocycles. The molecule has 0 aliphatic heterocycles. The maximum Gasteiger partial charge on any atom is 0.258 e. The minimum absolute atomic E-state index is 0.0143. The standard InChI is InChI=1S/C17H21N3O2S/c1-10(2)7-12-14(17(12,3)4)15(21)18-8-13-19-16(22-20-13)11-5-6-23-9-11/h5-7,9,12,14H,8H2,1-4H3,(H,18,21). The van der Waals surface area contributed by atoms with Crippen LogP contribution in [0.3, 0.4) is 0 Å². The van der Waals surface area contributed by atoms with Gasteiger partial charge >= 0.3 is 0 Å². The first-order chi connectivity index (χ1) is 10.9. The van der Waals surface area contributed by atoms with Crippen molar-refractivity contribution in [2.75, 3.05) is 0 Å². The summed E-state index contributed by atoms with van der Waals surface area (Å²) in [5, 5.41) is 10.8. The van der Waals surface area contributed by atoms with E-state index in [9.17, 15) is 4.79 Å². The van der Waals surface area contributed by atoms with Crippen LogP contribution in [0.5, 0.6) is 0 Å². The number of nitrogens with one attached hydrogen (secondary N) is 1. The van der Waals surface area contributed by atoms with Gasteiger partial charge in [-0.15, -0.1) is 0 Å². The number of allylic oxidation sites excluding steroid dienone is 2. The van der Waals surface area contributed by atoms with E-state index in [1.54, 1.807) is 11.3 Å². The molecule has 6 heteroatoms. The molecule has 1 saturated carbocycles. The van der Waals surface area contributed by atoms with E-state index in [1.807, 2.05) is 16.8 Å². The van der Waals surface area contributed by atoms with Gasteiger partial charge in [0.25, 0.3) is 5.89 Å². The maximum atomic E-state index is 12.4. The number of aromatic nitrogens is 2. The molecule has 0 spiro atoms. The van der Waals surface area contributed by atoms with Crippen molar-refractivity contribution in [1.82, 2.24) is 15.5 Å². The van der Waals surface area contributed by atoms with Crippen LogP contribution in [0.4, 0.5) is 0 Å². The SMILES string of the molecule is CC(C)=CC1C(C(=O)NCc2noc(-c3ccsc3)n2)C1(C)C. The number of amides is 1. The van der Waals surface area contributed by atoms with Crippen LogP contribution in [0.25, 0.3) is 11.5 Å². The molecule has 1 fully saturated rings. The van der Waals surface area contributed by atoms with E-state index in [0.29, 0.717) is 24.2 Å². The Morgan fingerprint density at radius 1 is 1.48 bits per heavy atom. The van der Waals surface area contributed by atoms with E-state index in [2.05, 4.69) is 49.2 Å². The van der Waals surface area contributed by atoms with Gasteiger partial charge in [-0.3, -0.25) is 4.79 Å². The minimum Gasteiger partial charge on any atom is -0.348 e. The highest BCUT2D eigenvalue weighted by molar-refractivity contribution is 7.08. The van der Waals surface area contributed by atoms with Gasteiger partial charge in [0.2, 0.25) is 5.91 Å². The maximum absolute atomic E-state index is 12.4. The first-order valence-electron chi connectivity index (χ1n) is 7.67. The first kappa shape index (κ1) is 15.9. The summed E-state index contributed by atoms with van der Waals surface area (Å²) >= 11 is 1.58. The first-order valence-corrected chi connectivity index (χ1v) is 8.62. The summed E-state index contributed by atoms with van der Waals surface area (Å²) in [7, 11) is 0. The minimum atomic E-state index is 0.0143. The number of carbonyl (C=O) groups is 1. The average molecular weight is 331 g/mol. The van der Waals surface area contributed by atoms with Crippen LogP contribution in [-0.4, -0.2) is 16.0 Å². The molecule has 3 rings (SSSR count). The molecule has 0 radical (unpaired) electrons. The van der Waals surface area contributed by atoms with E-state index in [1.165, 1.54) is 5.57 Å². The molecule has 1 N–H and O–H groups in total. The molecule has 1 amide bonds. The lowest BCUT2D eigenvalue weighted by molar-refractivity contribution is -0.123. The predicted octanol–water partition coefficient (Wildman–Crippen LogP) is 3.65. The van der Waals surface area contributed by atoms with Crippen molar-refractivity contribution in [3.63, 3.8) is 0 Å². The van der Waals surface area contributed by atoms with Crippen molar-refractivity contribution in [2.45, 2.75) is 34.2 Å². The van der Waals surface area contributed by atoms with Crippen LogP contribution in [0.2, 0.25) is 0 Å². The summed E-state index contributed by atoms with van der Waals surface area (Å²) in [5.74, 6) is 1.36. The summed E-state index contributed by atoms with van der Waals surface area (Å²) in [6.45, 7) is 8.68. The zero-order chi connectivity index (χ0) is 16.6. The van der Waals surface area contributed by atoms with E-state index >= 15 is 0 Å². The smallest absolute Gasteiger partial charge is 0.258 e. The average Bonchev–Trinajstić information content (AvgIpc) is 2.96. The van der Waals surface area contributed by atoms with E-state index in [0.717, 1.165) is 5.56 Å². The van der Waals surface area contributed by atoms with E-state index in [-0.39, 0.29) is 17.2 Å². The van der Waals surface area contributed by atoms with Gasteiger partial charge in [0.15, 0.2) is 5.82 Å². The lowest BCUT2D eigenvalue weighted by Gasteiger charge is -2.03. The fourth-order valence-electron chi connectivity index (χ4n) is 2.95. The van der Waals surface area contributed by atoms with E-state index in [4.69, 9.17) is 4.52 Å². The second-order valence-electron chi connectivity index (χ2n) is 6.81. The van der Waals surface area contributed by atoms with Gasteiger partial charge < -0.3 is 9.84 Å². The summed E-state index contributed by atoms with van der Waals surface area (Å²) in [4.78, 5) is 16.7. The van der Waals surface area contributed by atoms with Crippen molar-refractivity contribution in [1.29, 1.82) is 0 Å². The van der Waals surface area contributed by atoms with Gasteiger partial charge in [0, 0.05) is 5.38 Å². The number of rotatable bonds is 5. The topological polar surface area (TPSA) is 68.0 Å². The van der Waals surface area contributed by atoms with Crippen molar-refractivity contribution in [2.24, 2.45) is 17.3 Å². The molecule has 2 heterocycles. The fourth-order valence-corrected chi connectivity index (χ4v) is 3.58. The highest BCUT2D eigenvalue weighted by atomic mass is 32.1. The molecule has 122 valence electrons. The number of hydrogen-bond donors (Lipinski definition) is 1. The largest absolute Gasteiger partial charge is 0.348 e. The lowest BCUT2D eigenvalue weighted by Crippen LogP contribution is -2.26. The Morgan fingerprint density at radius 3 is 2.91 bits per heavy atom. The quantitative estimate of drug-likeness (QED) is 0.849. The third kappa shape index (κ3) is 3.22. The second kappa shape index (κ2) is 5.92. The highest BCUT2D eigenvalue weighted by Crippen LogP contribution is 2.59. The van der Waals surface area contributed by atoms with Crippen molar-refractivity contribution >= 4 is 17.2 Å². The van der Waals surface area contributed by atoms with Crippen LogP contribution in [-0.2, 0) is 11.3 Å². The molecular weight excluding hydrogens is 310 g/mol. The lowest BCUT2D eigenvalue weighted by atomic mass is 10.1. The zero-order valence-corrected chi connectivity index (χ0v) is 14.6. The van der Waals surface area contributed by atoms with Gasteiger partial charge in [0.05, 0.1) is 18.0 Å². The van der Waals surface area contributed by atoms with Crippen LogP contribution >= 0.6 is 11.3 Å². The molecule has 0 aromatic carbocycles. The monoisotopic (exact) mass is 331 g/mol. The van der Waals surface area contributed by atoms with Gasteiger partial charge in [-0.2, -0.15) is 16.3 Å². The zero-order valence-electron chi connectivity index (χ0n) is 13.8. The van der Waals surface area contributed by atoms with Gasteiger partial charge in [-0.05, 0) is 36.6 Å². The predicted molar refractivity (Wildman–Crippen MR) is 89.6 cm³/mol. The molecular formula is C17H21N3O2S. The molecule has 5 nitrogen and oxygen atoms in total. The van der Waals surface area contributed by atoms with Crippen molar-refractivity contribution < 1.29 is 9.32 Å². The Morgan fingerprint density at radius 2 is 2.26 bits per heavy atom. The van der Waals surface area contributed by atoms with Crippen LogP contribution in [0.1, 0.15) is 33.5 Å². The number of nitrogens with zero attached hydrogens (tertiary/aromatic N) is 2. The van der Waals surface area contributed by atoms with Crippen LogP contribution in [0, 0.1) is 17.3 Å². The van der Waals surface area contributed by atoms with Crippen LogP contribution in [0.15, 0.2) is 33.0 Å². The molecule has 2 unspecified atom stereocenters. The summed E-state index contributed by atoms with van der Waals surface area (Å²) in [5.41, 5.74) is 2.17. The van der Waals surface area contributed by atoms with Crippen molar-refractivity contribution in [3.05, 3.63) is 34.3 Å². The molecule has 1 aliphatic rings.